The molecule has 0 unspecified atom stereocenters. The summed E-state index contributed by atoms with van der Waals surface area (Å²) in [6, 6.07) is 13.9. The van der Waals surface area contributed by atoms with E-state index in [1.807, 2.05) is 53.2 Å². The van der Waals surface area contributed by atoms with Gasteiger partial charge in [-0.2, -0.15) is 0 Å². The Labute approximate surface area is 177 Å². The quantitative estimate of drug-likeness (QED) is 0.606. The zero-order valence-electron chi connectivity index (χ0n) is 17.4. The highest BCUT2D eigenvalue weighted by molar-refractivity contribution is 5.95. The SMILES string of the molecule is CCN1CCC(N(CCc2ccccn2)C(=O)c2cccc(-n3cnnc3)c2)CC1. The molecule has 0 aliphatic carbocycles. The number of amides is 1. The van der Waals surface area contributed by atoms with Gasteiger partial charge in [0.25, 0.3) is 5.91 Å². The number of pyridine rings is 1. The summed E-state index contributed by atoms with van der Waals surface area (Å²) in [5, 5.41) is 7.73. The maximum atomic E-state index is 13.6. The van der Waals surface area contributed by atoms with Gasteiger partial charge in [0.1, 0.15) is 12.7 Å². The summed E-state index contributed by atoms with van der Waals surface area (Å²) in [5.74, 6) is 0.0794. The molecular weight excluding hydrogens is 376 g/mol. The van der Waals surface area contributed by atoms with Crippen LogP contribution in [0, 0.1) is 0 Å². The molecule has 1 aliphatic heterocycles. The van der Waals surface area contributed by atoms with Crippen LogP contribution in [0.3, 0.4) is 0 Å². The van der Waals surface area contributed by atoms with Gasteiger partial charge in [-0.1, -0.05) is 19.1 Å². The van der Waals surface area contributed by atoms with Gasteiger partial charge in [-0.25, -0.2) is 0 Å². The van der Waals surface area contributed by atoms with E-state index in [2.05, 4.69) is 31.9 Å². The summed E-state index contributed by atoms with van der Waals surface area (Å²) in [6.45, 7) is 6.00. The van der Waals surface area contributed by atoms with Gasteiger partial charge < -0.3 is 9.80 Å². The van der Waals surface area contributed by atoms with E-state index in [9.17, 15) is 4.79 Å². The molecule has 30 heavy (non-hydrogen) atoms. The van der Waals surface area contributed by atoms with Crippen LogP contribution in [0.25, 0.3) is 5.69 Å². The minimum absolute atomic E-state index is 0.0794. The van der Waals surface area contributed by atoms with Gasteiger partial charge in [-0.05, 0) is 49.7 Å². The minimum Gasteiger partial charge on any atom is -0.335 e. The van der Waals surface area contributed by atoms with Crippen LogP contribution in [0.5, 0.6) is 0 Å². The Bertz CT molecular complexity index is 935. The highest BCUT2D eigenvalue weighted by Gasteiger charge is 2.28. The van der Waals surface area contributed by atoms with E-state index in [0.717, 1.165) is 50.3 Å². The molecule has 7 nitrogen and oxygen atoms in total. The largest absolute Gasteiger partial charge is 0.335 e. The highest BCUT2D eigenvalue weighted by atomic mass is 16.2. The van der Waals surface area contributed by atoms with E-state index in [1.54, 1.807) is 12.7 Å². The van der Waals surface area contributed by atoms with E-state index in [4.69, 9.17) is 0 Å². The molecule has 0 atom stereocenters. The number of piperidine rings is 1. The molecule has 1 amide bonds. The molecule has 2 aromatic heterocycles. The normalized spacial score (nSPS) is 15.2. The zero-order chi connectivity index (χ0) is 20.8. The first-order valence-corrected chi connectivity index (χ1v) is 10.6. The van der Waals surface area contributed by atoms with Crippen LogP contribution >= 0.6 is 0 Å². The predicted octanol–water partition coefficient (Wildman–Crippen LogP) is 2.83. The van der Waals surface area contributed by atoms with Crippen molar-refractivity contribution in [1.82, 2.24) is 29.5 Å². The molecule has 1 fully saturated rings. The molecule has 1 aliphatic rings. The van der Waals surface area contributed by atoms with Crippen molar-refractivity contribution in [3.8, 4) is 5.69 Å². The standard InChI is InChI=1S/C23H28N6O/c1-2-27-13-10-21(11-14-27)29(15-9-20-7-3-4-12-24-20)23(30)19-6-5-8-22(16-19)28-17-25-26-18-28/h3-8,12,16-18,21H,2,9-11,13-15H2,1H3. The molecular formula is C23H28N6O. The molecule has 1 saturated heterocycles. The molecule has 0 saturated carbocycles. The third-order valence-corrected chi connectivity index (χ3v) is 5.85. The average Bonchev–Trinajstić information content (AvgIpc) is 3.35. The lowest BCUT2D eigenvalue weighted by molar-refractivity contribution is 0.0579. The molecule has 3 aromatic rings. The third-order valence-electron chi connectivity index (χ3n) is 5.85. The maximum absolute atomic E-state index is 13.6. The fraction of sp³-hybridized carbons (Fsp3) is 0.391. The Morgan fingerprint density at radius 2 is 1.90 bits per heavy atom. The van der Waals surface area contributed by atoms with Crippen molar-refractivity contribution in [3.05, 3.63) is 72.6 Å². The molecule has 1 aromatic carbocycles. The number of carbonyl (C=O) groups is 1. The molecule has 4 rings (SSSR count). The summed E-state index contributed by atoms with van der Waals surface area (Å²) in [6.07, 6.45) is 7.86. The summed E-state index contributed by atoms with van der Waals surface area (Å²) in [7, 11) is 0. The van der Waals surface area contributed by atoms with Gasteiger partial charge in [-0.3, -0.25) is 14.3 Å². The van der Waals surface area contributed by atoms with Gasteiger partial charge in [0.05, 0.1) is 0 Å². The van der Waals surface area contributed by atoms with E-state index < -0.39 is 0 Å². The average molecular weight is 405 g/mol. The van der Waals surface area contributed by atoms with Gasteiger partial charge in [0, 0.05) is 55.2 Å². The Hall–Kier alpha value is -3.06. The lowest BCUT2D eigenvalue weighted by atomic mass is 10.0. The zero-order valence-corrected chi connectivity index (χ0v) is 17.4. The van der Waals surface area contributed by atoms with Crippen molar-refractivity contribution < 1.29 is 4.79 Å². The van der Waals surface area contributed by atoms with Crippen molar-refractivity contribution in [3.63, 3.8) is 0 Å². The van der Waals surface area contributed by atoms with Crippen LogP contribution in [0.1, 0.15) is 35.8 Å². The molecule has 0 N–H and O–H groups in total. The van der Waals surface area contributed by atoms with Crippen molar-refractivity contribution in [2.45, 2.75) is 32.2 Å². The van der Waals surface area contributed by atoms with Crippen LogP contribution in [-0.2, 0) is 6.42 Å². The fourth-order valence-electron chi connectivity index (χ4n) is 4.08. The lowest BCUT2D eigenvalue weighted by Gasteiger charge is -2.38. The Balaban J connectivity index is 1.55. The summed E-state index contributed by atoms with van der Waals surface area (Å²) < 4.78 is 1.81. The number of nitrogens with zero attached hydrogens (tertiary/aromatic N) is 6. The molecule has 0 spiro atoms. The number of hydrogen-bond donors (Lipinski definition) is 0. The smallest absolute Gasteiger partial charge is 0.254 e. The Morgan fingerprint density at radius 1 is 1.10 bits per heavy atom. The van der Waals surface area contributed by atoms with Gasteiger partial charge in [0.2, 0.25) is 0 Å². The Kier molecular flexibility index (Phi) is 6.49. The first-order valence-electron chi connectivity index (χ1n) is 10.6. The third kappa shape index (κ3) is 4.74. The second-order valence-corrected chi connectivity index (χ2v) is 7.65. The molecule has 3 heterocycles. The number of likely N-dealkylation sites (tertiary alicyclic amines) is 1. The van der Waals surface area contributed by atoms with Crippen molar-refractivity contribution in [1.29, 1.82) is 0 Å². The van der Waals surface area contributed by atoms with Crippen LogP contribution in [-0.4, -0.2) is 67.7 Å². The lowest BCUT2D eigenvalue weighted by Crippen LogP contribution is -2.48. The molecule has 156 valence electrons. The monoisotopic (exact) mass is 404 g/mol. The van der Waals surface area contributed by atoms with Crippen LogP contribution < -0.4 is 0 Å². The van der Waals surface area contributed by atoms with Gasteiger partial charge in [-0.15, -0.1) is 10.2 Å². The summed E-state index contributed by atoms with van der Waals surface area (Å²) >= 11 is 0. The molecule has 0 radical (unpaired) electrons. The number of hydrogen-bond acceptors (Lipinski definition) is 5. The first kappa shape index (κ1) is 20.2. The second kappa shape index (κ2) is 9.63. The summed E-state index contributed by atoms with van der Waals surface area (Å²) in [5.41, 5.74) is 2.59. The van der Waals surface area contributed by atoms with E-state index in [1.165, 1.54) is 0 Å². The molecule has 7 heteroatoms. The van der Waals surface area contributed by atoms with Gasteiger partial charge >= 0.3 is 0 Å². The van der Waals surface area contributed by atoms with Crippen molar-refractivity contribution >= 4 is 5.91 Å². The van der Waals surface area contributed by atoms with Crippen molar-refractivity contribution in [2.24, 2.45) is 0 Å². The summed E-state index contributed by atoms with van der Waals surface area (Å²) in [4.78, 5) is 22.5. The van der Waals surface area contributed by atoms with Crippen LogP contribution in [0.15, 0.2) is 61.3 Å². The van der Waals surface area contributed by atoms with E-state index >= 15 is 0 Å². The number of benzene rings is 1. The number of aromatic nitrogens is 4. The predicted molar refractivity (Wildman–Crippen MR) is 115 cm³/mol. The first-order chi connectivity index (χ1) is 14.7. The number of rotatable bonds is 7. The second-order valence-electron chi connectivity index (χ2n) is 7.65. The Morgan fingerprint density at radius 3 is 2.60 bits per heavy atom. The number of carbonyl (C=O) groups excluding carboxylic acids is 1. The maximum Gasteiger partial charge on any atom is 0.254 e. The van der Waals surface area contributed by atoms with E-state index in [-0.39, 0.29) is 11.9 Å². The minimum atomic E-state index is 0.0794. The van der Waals surface area contributed by atoms with Crippen LogP contribution in [0.4, 0.5) is 0 Å². The highest BCUT2D eigenvalue weighted by Crippen LogP contribution is 2.21. The van der Waals surface area contributed by atoms with Crippen molar-refractivity contribution in [2.75, 3.05) is 26.2 Å². The van der Waals surface area contributed by atoms with Crippen LogP contribution in [0.2, 0.25) is 0 Å². The van der Waals surface area contributed by atoms with E-state index in [0.29, 0.717) is 12.1 Å². The van der Waals surface area contributed by atoms with Gasteiger partial charge in [0.15, 0.2) is 0 Å². The molecule has 0 bridgehead atoms. The topological polar surface area (TPSA) is 67.2 Å². The fourth-order valence-corrected chi connectivity index (χ4v) is 4.08.